The van der Waals surface area contributed by atoms with Gasteiger partial charge in [0.15, 0.2) is 0 Å². The van der Waals surface area contributed by atoms with Crippen molar-refractivity contribution in [1.82, 2.24) is 18.8 Å². The first kappa shape index (κ1) is 24.8. The van der Waals surface area contributed by atoms with Crippen LogP contribution < -0.4 is 10.2 Å². The Morgan fingerprint density at radius 3 is 2.35 bits per heavy atom. The van der Waals surface area contributed by atoms with E-state index in [1.165, 1.54) is 7.05 Å². The average Bonchev–Trinajstić information content (AvgIpc) is 2.61. The molecule has 1 heterocycles. The van der Waals surface area contributed by atoms with E-state index in [9.17, 15) is 35.6 Å². The van der Waals surface area contributed by atoms with Crippen LogP contribution in [-0.2, 0) is 23.4 Å². The normalized spacial score (nSPS) is 12.5. The molecule has 1 aromatic heterocycles. The van der Waals surface area contributed by atoms with E-state index in [4.69, 9.17) is 11.6 Å². The Labute approximate surface area is 179 Å². The average molecular weight is 485 g/mol. The number of halogens is 5. The van der Waals surface area contributed by atoms with Crippen LogP contribution in [0.1, 0.15) is 29.9 Å². The largest absolute Gasteiger partial charge is 0.433 e. The molecule has 31 heavy (non-hydrogen) atoms. The molecule has 2 aromatic rings. The maximum Gasteiger partial charge on any atom is 0.433 e. The van der Waals surface area contributed by atoms with Gasteiger partial charge in [0.25, 0.3) is 5.91 Å². The number of hydrogen-bond acceptors (Lipinski definition) is 5. The molecule has 8 nitrogen and oxygen atoms in total. The fraction of sp³-hybridized carbons (Fsp3) is 0.353. The van der Waals surface area contributed by atoms with E-state index in [-0.39, 0.29) is 6.07 Å². The number of benzene rings is 1. The van der Waals surface area contributed by atoms with Crippen molar-refractivity contribution in [3.8, 4) is 11.3 Å². The summed E-state index contributed by atoms with van der Waals surface area (Å²) < 4.78 is 80.7. The maximum atomic E-state index is 14.4. The van der Waals surface area contributed by atoms with Gasteiger partial charge in [-0.25, -0.2) is 9.11 Å². The second-order valence-corrected chi connectivity index (χ2v) is 8.86. The minimum absolute atomic E-state index is 0.234. The monoisotopic (exact) mass is 484 g/mol. The van der Waals surface area contributed by atoms with Gasteiger partial charge < -0.3 is 0 Å². The second kappa shape index (κ2) is 8.55. The summed E-state index contributed by atoms with van der Waals surface area (Å²) in [7, 11) is -2.15. The highest BCUT2D eigenvalue weighted by Crippen LogP contribution is 2.30. The molecule has 0 bridgehead atoms. The fourth-order valence-electron chi connectivity index (χ4n) is 2.42. The zero-order valence-corrected chi connectivity index (χ0v) is 18.2. The lowest BCUT2D eigenvalue weighted by Crippen LogP contribution is -2.44. The number of hydrogen-bond donors (Lipinski definition) is 1. The second-order valence-electron chi connectivity index (χ2n) is 6.72. The lowest BCUT2D eigenvalue weighted by atomic mass is 10.1. The Morgan fingerprint density at radius 1 is 1.26 bits per heavy atom. The van der Waals surface area contributed by atoms with Crippen LogP contribution in [0.2, 0.25) is 5.02 Å². The molecule has 1 aromatic carbocycles. The van der Waals surface area contributed by atoms with Gasteiger partial charge >= 0.3 is 16.4 Å². The molecule has 1 N–H and O–H groups in total. The van der Waals surface area contributed by atoms with Gasteiger partial charge in [-0.05, 0) is 26.0 Å². The van der Waals surface area contributed by atoms with Crippen LogP contribution >= 0.6 is 11.6 Å². The third-order valence-electron chi connectivity index (χ3n) is 4.27. The van der Waals surface area contributed by atoms with E-state index in [0.29, 0.717) is 10.7 Å². The van der Waals surface area contributed by atoms with Crippen LogP contribution in [0.5, 0.6) is 0 Å². The van der Waals surface area contributed by atoms with E-state index in [2.05, 4.69) is 5.10 Å². The third kappa shape index (κ3) is 5.22. The van der Waals surface area contributed by atoms with Crippen LogP contribution in [0.25, 0.3) is 11.3 Å². The Balaban J connectivity index is 2.58. The van der Waals surface area contributed by atoms with E-state index >= 15 is 0 Å². The highest BCUT2D eigenvalue weighted by Gasteiger charge is 2.35. The quantitative estimate of drug-likeness (QED) is 0.657. The van der Waals surface area contributed by atoms with Gasteiger partial charge in [0.05, 0.1) is 10.6 Å². The molecule has 0 fully saturated rings. The molecule has 0 radical (unpaired) electrons. The SMILES string of the molecule is CC(C)N(C)S(=O)(=O)NC(=O)c1cc(-c2nn(C)c(C(F)(F)F)cc2=O)c(F)cc1Cl. The molecule has 0 aliphatic heterocycles. The Kier molecular flexibility index (Phi) is 6.83. The number of rotatable bonds is 5. The molecular weight excluding hydrogens is 468 g/mol. The molecule has 0 saturated carbocycles. The van der Waals surface area contributed by atoms with Gasteiger partial charge in [-0.3, -0.25) is 14.3 Å². The molecule has 0 aliphatic carbocycles. The number of nitrogens with zero attached hydrogens (tertiary/aromatic N) is 3. The van der Waals surface area contributed by atoms with E-state index in [0.717, 1.165) is 17.4 Å². The van der Waals surface area contributed by atoms with Crippen molar-refractivity contribution >= 4 is 27.7 Å². The number of nitrogens with one attached hydrogen (secondary N) is 1. The number of aryl methyl sites for hydroxylation is 1. The Hall–Kier alpha value is -2.51. The molecule has 2 rings (SSSR count). The summed E-state index contributed by atoms with van der Waals surface area (Å²) in [6.07, 6.45) is -4.88. The molecular formula is C17H17ClF4N4O4S. The van der Waals surface area contributed by atoms with E-state index in [1.54, 1.807) is 18.6 Å². The molecule has 14 heteroatoms. The standard InChI is InChI=1S/C17H17ClF4N4O4S/c1-8(2)26(4)31(29,30)24-16(28)9-5-10(12(19)6-11(9)18)15-13(27)7-14(17(20,21)22)25(3)23-15/h5-8H,1-4H3,(H,24,28). The minimum Gasteiger partial charge on any atom is -0.287 e. The number of carbonyl (C=O) groups is 1. The lowest BCUT2D eigenvalue weighted by molar-refractivity contribution is -0.144. The van der Waals surface area contributed by atoms with E-state index < -0.39 is 67.1 Å². The molecule has 1 amide bonds. The number of aromatic nitrogens is 2. The summed E-state index contributed by atoms with van der Waals surface area (Å²) in [6, 6.07) is 1.11. The van der Waals surface area contributed by atoms with Crippen LogP contribution in [0, 0.1) is 5.82 Å². The summed E-state index contributed by atoms with van der Waals surface area (Å²) >= 11 is 5.85. The molecule has 0 spiro atoms. The summed E-state index contributed by atoms with van der Waals surface area (Å²) in [5.74, 6) is -2.38. The highest BCUT2D eigenvalue weighted by molar-refractivity contribution is 7.87. The van der Waals surface area contributed by atoms with Crippen molar-refractivity contribution in [2.75, 3.05) is 7.05 Å². The first-order valence-corrected chi connectivity index (χ1v) is 10.3. The molecule has 0 unspecified atom stereocenters. The third-order valence-corrected chi connectivity index (χ3v) is 6.21. The number of carbonyl (C=O) groups excluding carboxylic acids is 1. The van der Waals surface area contributed by atoms with Gasteiger partial charge in [0, 0.05) is 31.8 Å². The molecule has 0 aliphatic rings. The van der Waals surface area contributed by atoms with E-state index in [1.807, 2.05) is 0 Å². The van der Waals surface area contributed by atoms with Gasteiger partial charge in [-0.1, -0.05) is 11.6 Å². The van der Waals surface area contributed by atoms with Crippen molar-refractivity contribution in [1.29, 1.82) is 0 Å². The molecule has 0 atom stereocenters. The molecule has 0 saturated heterocycles. The van der Waals surface area contributed by atoms with Gasteiger partial charge in [-0.15, -0.1) is 0 Å². The van der Waals surface area contributed by atoms with Crippen LogP contribution in [-0.4, -0.2) is 41.5 Å². The van der Waals surface area contributed by atoms with Crippen molar-refractivity contribution in [3.63, 3.8) is 0 Å². The summed E-state index contributed by atoms with van der Waals surface area (Å²) in [5, 5.41) is 2.99. The Bertz CT molecular complexity index is 1200. The lowest BCUT2D eigenvalue weighted by Gasteiger charge is -2.21. The maximum absolute atomic E-state index is 14.4. The summed E-state index contributed by atoms with van der Waals surface area (Å²) in [4.78, 5) is 24.6. The van der Waals surface area contributed by atoms with Crippen molar-refractivity contribution < 1.29 is 30.8 Å². The summed E-state index contributed by atoms with van der Waals surface area (Å²) in [5.41, 5.74) is -4.50. The highest BCUT2D eigenvalue weighted by atomic mass is 35.5. The van der Waals surface area contributed by atoms with Gasteiger partial charge in [-0.2, -0.15) is 31.0 Å². The minimum atomic E-state index is -4.88. The fourth-order valence-corrected chi connectivity index (χ4v) is 3.70. The van der Waals surface area contributed by atoms with Crippen LogP contribution in [0.4, 0.5) is 17.6 Å². The first-order valence-electron chi connectivity index (χ1n) is 8.51. The first-order chi connectivity index (χ1) is 14.1. The van der Waals surface area contributed by atoms with Crippen molar-refractivity contribution in [2.24, 2.45) is 7.05 Å². The van der Waals surface area contributed by atoms with Crippen molar-refractivity contribution in [2.45, 2.75) is 26.1 Å². The van der Waals surface area contributed by atoms with Crippen LogP contribution in [0.15, 0.2) is 23.0 Å². The van der Waals surface area contributed by atoms with Crippen molar-refractivity contribution in [3.05, 3.63) is 50.5 Å². The Morgan fingerprint density at radius 2 is 1.84 bits per heavy atom. The number of amides is 1. The zero-order valence-electron chi connectivity index (χ0n) is 16.6. The molecule has 170 valence electrons. The number of alkyl halides is 3. The van der Waals surface area contributed by atoms with Gasteiger partial charge in [0.2, 0.25) is 5.43 Å². The van der Waals surface area contributed by atoms with Crippen LogP contribution in [0.3, 0.4) is 0 Å². The summed E-state index contributed by atoms with van der Waals surface area (Å²) in [6.45, 7) is 3.11. The zero-order chi connectivity index (χ0) is 23.9. The predicted molar refractivity (Wildman–Crippen MR) is 104 cm³/mol. The predicted octanol–water partition coefficient (Wildman–Crippen LogP) is 2.57. The van der Waals surface area contributed by atoms with Gasteiger partial charge in [0.1, 0.15) is 17.2 Å². The topological polar surface area (TPSA) is 101 Å². The smallest absolute Gasteiger partial charge is 0.287 e.